The summed E-state index contributed by atoms with van der Waals surface area (Å²) >= 11 is 0. The van der Waals surface area contributed by atoms with Crippen LogP contribution in [0.2, 0.25) is 0 Å². The molecule has 3 aromatic rings. The van der Waals surface area contributed by atoms with E-state index in [-0.39, 0.29) is 37.0 Å². The van der Waals surface area contributed by atoms with E-state index in [1.54, 1.807) is 48.5 Å². The quantitative estimate of drug-likeness (QED) is 0.0872. The number of phenols is 2. The van der Waals surface area contributed by atoms with E-state index in [2.05, 4.69) is 10.6 Å². The molecule has 12 heteroatoms. The highest BCUT2D eigenvalue weighted by atomic mass is 16.3. The minimum absolute atomic E-state index is 0.0291. The van der Waals surface area contributed by atoms with E-state index in [0.717, 1.165) is 5.56 Å². The second kappa shape index (κ2) is 14.2. The van der Waals surface area contributed by atoms with Gasteiger partial charge in [-0.25, -0.2) is 4.79 Å². The van der Waals surface area contributed by atoms with Crippen LogP contribution in [-0.4, -0.2) is 51.5 Å². The first-order chi connectivity index (χ1) is 19.5. The molecule has 0 saturated carbocycles. The molecule has 0 heterocycles. The van der Waals surface area contributed by atoms with Crippen molar-refractivity contribution in [3.8, 4) is 11.5 Å². The summed E-state index contributed by atoms with van der Waals surface area (Å²) in [7, 11) is 0. The number of nitrogens with one attached hydrogen (secondary N) is 3. The van der Waals surface area contributed by atoms with Crippen molar-refractivity contribution in [3.63, 3.8) is 0 Å². The van der Waals surface area contributed by atoms with Crippen molar-refractivity contribution in [3.05, 3.63) is 95.1 Å². The smallest absolute Gasteiger partial charge is 0.312 e. The molecule has 0 aliphatic carbocycles. The number of amides is 4. The second-order valence-electron chi connectivity index (χ2n) is 9.52. The monoisotopic (exact) mass is 561 g/mol. The zero-order valence-corrected chi connectivity index (χ0v) is 22.4. The van der Waals surface area contributed by atoms with Crippen LogP contribution in [-0.2, 0) is 22.7 Å². The largest absolute Gasteiger partial charge is 0.508 e. The number of carbonyl (C=O) groups excluding carboxylic acids is 3. The number of guanidine groups is 1. The van der Waals surface area contributed by atoms with Crippen molar-refractivity contribution in [2.24, 2.45) is 17.2 Å². The summed E-state index contributed by atoms with van der Waals surface area (Å²) in [5, 5.41) is 32.3. The van der Waals surface area contributed by atoms with E-state index in [9.17, 15) is 24.6 Å². The molecule has 216 valence electrons. The highest BCUT2D eigenvalue weighted by molar-refractivity contribution is 5.92. The molecule has 12 nitrogen and oxygen atoms in total. The number of phenolic OH excluding ortho intramolecular Hbond substituents is 2. The number of primary amides is 2. The van der Waals surface area contributed by atoms with Crippen molar-refractivity contribution in [1.82, 2.24) is 15.5 Å². The van der Waals surface area contributed by atoms with Crippen LogP contribution in [0.25, 0.3) is 0 Å². The van der Waals surface area contributed by atoms with E-state index < -0.39 is 29.8 Å². The minimum atomic E-state index is -0.996. The van der Waals surface area contributed by atoms with Crippen LogP contribution in [0.3, 0.4) is 0 Å². The van der Waals surface area contributed by atoms with Crippen molar-refractivity contribution in [1.29, 1.82) is 5.41 Å². The van der Waals surface area contributed by atoms with E-state index >= 15 is 0 Å². The second-order valence-corrected chi connectivity index (χ2v) is 9.52. The average molecular weight is 562 g/mol. The molecule has 4 amide bonds. The maximum Gasteiger partial charge on any atom is 0.312 e. The summed E-state index contributed by atoms with van der Waals surface area (Å²) in [6.45, 7) is 0.583. The van der Waals surface area contributed by atoms with Crippen LogP contribution in [0.15, 0.2) is 72.8 Å². The molecule has 0 spiro atoms. The molecule has 3 aromatic carbocycles. The minimum Gasteiger partial charge on any atom is -0.508 e. The average Bonchev–Trinajstić information content (AvgIpc) is 2.93. The Kier molecular flexibility index (Phi) is 10.5. The first kappa shape index (κ1) is 30.3. The topological polar surface area (TPSA) is 221 Å². The maximum absolute atomic E-state index is 14.4. The normalized spacial score (nSPS) is 11.4. The van der Waals surface area contributed by atoms with Crippen molar-refractivity contribution in [2.75, 3.05) is 6.54 Å². The first-order valence-corrected chi connectivity index (χ1v) is 12.9. The number of rotatable bonds is 13. The van der Waals surface area contributed by atoms with Gasteiger partial charge in [0.25, 0.3) is 0 Å². The van der Waals surface area contributed by atoms with Crippen molar-refractivity contribution >= 4 is 23.8 Å². The number of hydrogen-bond acceptors (Lipinski definition) is 6. The molecule has 41 heavy (non-hydrogen) atoms. The summed E-state index contributed by atoms with van der Waals surface area (Å²) in [5.41, 5.74) is 19.0. The van der Waals surface area contributed by atoms with Gasteiger partial charge in [0.15, 0.2) is 5.96 Å². The molecule has 0 bridgehead atoms. The Hall–Kier alpha value is -5.26. The lowest BCUT2D eigenvalue weighted by Crippen LogP contribution is -2.49. The van der Waals surface area contributed by atoms with Gasteiger partial charge in [-0.2, -0.15) is 0 Å². The number of nitrogens with zero attached hydrogens (tertiary/aromatic N) is 1. The lowest BCUT2D eigenvalue weighted by Gasteiger charge is -2.33. The first-order valence-electron chi connectivity index (χ1n) is 12.9. The van der Waals surface area contributed by atoms with E-state index in [4.69, 9.17) is 22.6 Å². The molecule has 0 aliphatic heterocycles. The van der Waals surface area contributed by atoms with Gasteiger partial charge < -0.3 is 42.9 Å². The molecule has 0 aromatic heterocycles. The molecule has 0 saturated heterocycles. The van der Waals surface area contributed by atoms with Gasteiger partial charge in [-0.1, -0.05) is 48.5 Å². The van der Waals surface area contributed by atoms with E-state index in [0.29, 0.717) is 29.7 Å². The molecule has 0 unspecified atom stereocenters. The number of aromatic hydroxyl groups is 2. The summed E-state index contributed by atoms with van der Waals surface area (Å²) in [6.07, 6.45) is 0.609. The third-order valence-corrected chi connectivity index (χ3v) is 6.50. The number of nitrogens with two attached hydrogens (primary N) is 3. The van der Waals surface area contributed by atoms with Crippen LogP contribution in [0.4, 0.5) is 4.79 Å². The van der Waals surface area contributed by atoms with Crippen LogP contribution >= 0.6 is 0 Å². The Morgan fingerprint density at radius 2 is 1.29 bits per heavy atom. The van der Waals surface area contributed by atoms with Crippen LogP contribution in [0.1, 0.15) is 41.0 Å². The van der Waals surface area contributed by atoms with Crippen LogP contribution < -0.4 is 27.8 Å². The predicted octanol–water partition coefficient (Wildman–Crippen LogP) is 1.54. The Bertz CT molecular complexity index is 1300. The standard InChI is InChI=1S/C29H35N7O5/c30-26(39)24(2-1-15-34-28(31)32)36(17-19-5-3-18(4-6-19)16-35-29(33)41)27(40)25(20-7-11-22(37)12-8-20)21-9-13-23(38)14-10-21/h3-14,24-25,37-38H,1-2,15-17H2,(H2,30,39)(H4,31,32,34)(H3,33,35,41)/t24-/m1/s1. The number of benzene rings is 3. The van der Waals surface area contributed by atoms with Crippen LogP contribution in [0, 0.1) is 5.41 Å². The van der Waals surface area contributed by atoms with Gasteiger partial charge in [-0.3, -0.25) is 15.0 Å². The van der Waals surface area contributed by atoms with Gasteiger partial charge in [-0.05, 0) is 59.4 Å². The van der Waals surface area contributed by atoms with Crippen molar-refractivity contribution < 1.29 is 24.6 Å². The molecule has 0 radical (unpaired) electrons. The molecular weight excluding hydrogens is 526 g/mol. The fourth-order valence-electron chi connectivity index (χ4n) is 4.44. The Labute approximate surface area is 237 Å². The third-order valence-electron chi connectivity index (χ3n) is 6.50. The van der Waals surface area contributed by atoms with Gasteiger partial charge in [0, 0.05) is 19.6 Å². The fraction of sp³-hybridized carbons (Fsp3) is 0.241. The molecule has 0 aliphatic rings. The van der Waals surface area contributed by atoms with Crippen molar-refractivity contribution in [2.45, 2.75) is 37.9 Å². The number of hydrogen-bond donors (Lipinski definition) is 8. The van der Waals surface area contributed by atoms with Gasteiger partial charge in [-0.15, -0.1) is 0 Å². The summed E-state index contributed by atoms with van der Waals surface area (Å²) in [5.74, 6) is -2.14. The Balaban J connectivity index is 2.01. The molecular formula is C29H35N7O5. The summed E-state index contributed by atoms with van der Waals surface area (Å²) in [6, 6.07) is 17.9. The van der Waals surface area contributed by atoms with Crippen LogP contribution in [0.5, 0.6) is 11.5 Å². The highest BCUT2D eigenvalue weighted by Crippen LogP contribution is 2.31. The molecule has 11 N–H and O–H groups in total. The number of carbonyl (C=O) groups is 3. The van der Waals surface area contributed by atoms with E-state index in [1.807, 2.05) is 0 Å². The summed E-state index contributed by atoms with van der Waals surface area (Å²) < 4.78 is 0. The molecule has 3 rings (SSSR count). The lowest BCUT2D eigenvalue weighted by molar-refractivity contribution is -0.141. The molecule has 1 atom stereocenters. The zero-order valence-electron chi connectivity index (χ0n) is 22.4. The van der Waals surface area contributed by atoms with E-state index in [1.165, 1.54) is 29.2 Å². The molecule has 0 fully saturated rings. The fourth-order valence-corrected chi connectivity index (χ4v) is 4.44. The Morgan fingerprint density at radius 3 is 1.76 bits per heavy atom. The third kappa shape index (κ3) is 8.88. The van der Waals surface area contributed by atoms with Gasteiger partial charge in [0.05, 0.1) is 5.92 Å². The summed E-state index contributed by atoms with van der Waals surface area (Å²) in [4.78, 5) is 39.7. The lowest BCUT2D eigenvalue weighted by atomic mass is 9.88. The Morgan fingerprint density at radius 1 is 0.780 bits per heavy atom. The van der Waals surface area contributed by atoms with Gasteiger partial charge in [0.2, 0.25) is 11.8 Å². The number of urea groups is 1. The predicted molar refractivity (Wildman–Crippen MR) is 154 cm³/mol. The van der Waals surface area contributed by atoms with Gasteiger partial charge >= 0.3 is 6.03 Å². The highest BCUT2D eigenvalue weighted by Gasteiger charge is 2.34. The SMILES string of the molecule is N=C(N)NCCC[C@H](C(N)=O)N(Cc1ccc(CNC(N)=O)cc1)C(=O)C(c1ccc(O)cc1)c1ccc(O)cc1. The maximum atomic E-state index is 14.4. The van der Waals surface area contributed by atoms with Gasteiger partial charge in [0.1, 0.15) is 17.5 Å². The zero-order chi connectivity index (χ0) is 29.9.